The Bertz CT molecular complexity index is 416. The summed E-state index contributed by atoms with van der Waals surface area (Å²) in [6, 6.07) is 4.29. The number of pyridine rings is 1. The van der Waals surface area contributed by atoms with Crippen LogP contribution in [0.25, 0.3) is 0 Å². The minimum atomic E-state index is -0.635. The zero-order valence-electron chi connectivity index (χ0n) is 17.1. The molecule has 1 aromatic rings. The summed E-state index contributed by atoms with van der Waals surface area (Å²) in [5.41, 5.74) is 1.12. The maximum atomic E-state index is 6.24. The highest BCUT2D eigenvalue weighted by Gasteiger charge is 2.29. The molecule has 0 bridgehead atoms. The molecule has 0 radical (unpaired) electrons. The number of rotatable bonds is 15. The van der Waals surface area contributed by atoms with E-state index in [1.807, 2.05) is 0 Å². The molecule has 0 amide bonds. The first-order chi connectivity index (χ1) is 12.2. The van der Waals surface area contributed by atoms with E-state index in [2.05, 4.69) is 56.8 Å². The lowest BCUT2D eigenvalue weighted by Crippen LogP contribution is -2.35. The van der Waals surface area contributed by atoms with Gasteiger partial charge in [-0.05, 0) is 19.8 Å². The number of unbranched alkanes of at least 4 members (excludes halogenated alkanes) is 6. The summed E-state index contributed by atoms with van der Waals surface area (Å²) >= 11 is 0. The summed E-state index contributed by atoms with van der Waals surface area (Å²) in [7, 11) is 0. The number of nitrogens with zero attached hydrogens (tertiary/aromatic N) is 1. The maximum absolute atomic E-state index is 6.24. The number of aryl methyl sites for hydroxylation is 1. The summed E-state index contributed by atoms with van der Waals surface area (Å²) in [6.45, 7) is 11.3. The second-order valence-corrected chi connectivity index (χ2v) is 7.09. The van der Waals surface area contributed by atoms with Gasteiger partial charge >= 0.3 is 0 Å². The summed E-state index contributed by atoms with van der Waals surface area (Å²) in [6.07, 6.45) is 15.1. The summed E-state index contributed by atoms with van der Waals surface area (Å²) in [5.74, 6) is -0.635. The van der Waals surface area contributed by atoms with Crippen molar-refractivity contribution < 1.29 is 14.0 Å². The fraction of sp³-hybridized carbons (Fsp3) is 0.773. The Hall–Kier alpha value is -0.930. The molecule has 3 heteroatoms. The minimum Gasteiger partial charge on any atom is -0.346 e. The molecule has 1 rings (SSSR count). The molecule has 0 atom stereocenters. The SMILES string of the molecule is CCCCCCOC(C)(OCCCCCC)c1cc[n+](CCC)cc1. The Morgan fingerprint density at radius 3 is 1.72 bits per heavy atom. The summed E-state index contributed by atoms with van der Waals surface area (Å²) in [5, 5.41) is 0. The van der Waals surface area contributed by atoms with Gasteiger partial charge in [0.25, 0.3) is 0 Å². The average Bonchev–Trinajstić information content (AvgIpc) is 2.62. The van der Waals surface area contributed by atoms with Crippen molar-refractivity contribution in [3.8, 4) is 0 Å². The molecule has 144 valence electrons. The van der Waals surface area contributed by atoms with Crippen molar-refractivity contribution >= 4 is 0 Å². The normalized spacial score (nSPS) is 11.8. The largest absolute Gasteiger partial charge is 0.346 e. The molecular formula is C22H40NO2+. The van der Waals surface area contributed by atoms with Gasteiger partial charge in [-0.1, -0.05) is 59.3 Å². The topological polar surface area (TPSA) is 22.3 Å². The molecule has 0 aliphatic rings. The highest BCUT2D eigenvalue weighted by Crippen LogP contribution is 2.27. The molecule has 0 N–H and O–H groups in total. The lowest BCUT2D eigenvalue weighted by molar-refractivity contribution is -0.697. The van der Waals surface area contributed by atoms with E-state index in [1.54, 1.807) is 0 Å². The molecular weight excluding hydrogens is 310 g/mol. The summed E-state index contributed by atoms with van der Waals surface area (Å²) in [4.78, 5) is 0. The third kappa shape index (κ3) is 8.82. The van der Waals surface area contributed by atoms with Crippen molar-refractivity contribution in [2.24, 2.45) is 0 Å². The highest BCUT2D eigenvalue weighted by atomic mass is 16.7. The summed E-state index contributed by atoms with van der Waals surface area (Å²) < 4.78 is 14.7. The molecule has 0 aliphatic carbocycles. The standard InChI is InChI=1S/C22H40NO2/c1-5-8-10-12-19-24-22(4,25-20-13-11-9-6-2)21-14-17-23(16-7-3)18-15-21/h14-15,17-18H,5-13,16,19-20H2,1-4H3/q+1. The molecule has 0 aromatic carbocycles. The van der Waals surface area contributed by atoms with Gasteiger partial charge in [0.15, 0.2) is 18.2 Å². The minimum absolute atomic E-state index is 0.635. The van der Waals surface area contributed by atoms with Gasteiger partial charge in [-0.25, -0.2) is 4.57 Å². The fourth-order valence-electron chi connectivity index (χ4n) is 2.97. The van der Waals surface area contributed by atoms with Crippen LogP contribution in [0.3, 0.4) is 0 Å². The molecule has 0 saturated heterocycles. The highest BCUT2D eigenvalue weighted by molar-refractivity contribution is 5.14. The lowest BCUT2D eigenvalue weighted by Gasteiger charge is -2.30. The van der Waals surface area contributed by atoms with Gasteiger partial charge in [0.1, 0.15) is 6.54 Å². The van der Waals surface area contributed by atoms with Crippen molar-refractivity contribution in [3.63, 3.8) is 0 Å². The Labute approximate surface area is 155 Å². The maximum Gasteiger partial charge on any atom is 0.192 e. The molecule has 1 heterocycles. The number of ether oxygens (including phenoxy) is 2. The molecule has 0 spiro atoms. The van der Waals surface area contributed by atoms with E-state index in [0.29, 0.717) is 0 Å². The average molecular weight is 351 g/mol. The van der Waals surface area contributed by atoms with Gasteiger partial charge in [0, 0.05) is 24.1 Å². The van der Waals surface area contributed by atoms with Crippen LogP contribution in [0.15, 0.2) is 24.5 Å². The molecule has 0 saturated carbocycles. The zero-order valence-corrected chi connectivity index (χ0v) is 17.1. The van der Waals surface area contributed by atoms with E-state index >= 15 is 0 Å². The second kappa shape index (κ2) is 13.3. The van der Waals surface area contributed by atoms with Crippen LogP contribution in [0.5, 0.6) is 0 Å². The van der Waals surface area contributed by atoms with Gasteiger partial charge in [0.05, 0.1) is 13.2 Å². The van der Waals surface area contributed by atoms with Gasteiger partial charge in [-0.15, -0.1) is 0 Å². The molecule has 3 nitrogen and oxygen atoms in total. The van der Waals surface area contributed by atoms with Crippen LogP contribution in [0, 0.1) is 0 Å². The van der Waals surface area contributed by atoms with Crippen LogP contribution in [-0.4, -0.2) is 13.2 Å². The predicted octanol–water partition coefficient (Wildman–Crippen LogP) is 5.75. The first-order valence-corrected chi connectivity index (χ1v) is 10.4. The van der Waals surface area contributed by atoms with Crippen LogP contribution >= 0.6 is 0 Å². The van der Waals surface area contributed by atoms with Crippen molar-refractivity contribution in [2.75, 3.05) is 13.2 Å². The molecule has 0 unspecified atom stereocenters. The van der Waals surface area contributed by atoms with Crippen LogP contribution < -0.4 is 4.57 Å². The Balaban J connectivity index is 2.64. The van der Waals surface area contributed by atoms with Crippen LogP contribution in [0.1, 0.15) is 91.0 Å². The Morgan fingerprint density at radius 2 is 1.28 bits per heavy atom. The van der Waals surface area contributed by atoms with E-state index in [1.165, 1.54) is 38.5 Å². The van der Waals surface area contributed by atoms with Crippen LogP contribution in [0.4, 0.5) is 0 Å². The predicted molar refractivity (Wildman–Crippen MR) is 104 cm³/mol. The third-order valence-electron chi connectivity index (χ3n) is 4.65. The first kappa shape index (κ1) is 22.1. The number of hydrogen-bond acceptors (Lipinski definition) is 2. The zero-order chi connectivity index (χ0) is 18.4. The van der Waals surface area contributed by atoms with Gasteiger partial charge in [0.2, 0.25) is 0 Å². The Morgan fingerprint density at radius 1 is 0.760 bits per heavy atom. The smallest absolute Gasteiger partial charge is 0.192 e. The van der Waals surface area contributed by atoms with Crippen molar-refractivity contribution in [1.29, 1.82) is 0 Å². The fourth-order valence-corrected chi connectivity index (χ4v) is 2.97. The number of aromatic nitrogens is 1. The van der Waals surface area contributed by atoms with Crippen LogP contribution in [0.2, 0.25) is 0 Å². The quantitative estimate of drug-likeness (QED) is 0.228. The van der Waals surface area contributed by atoms with E-state index < -0.39 is 5.79 Å². The van der Waals surface area contributed by atoms with E-state index in [4.69, 9.17) is 9.47 Å². The Kier molecular flexibility index (Phi) is 11.8. The second-order valence-electron chi connectivity index (χ2n) is 7.09. The van der Waals surface area contributed by atoms with Crippen molar-refractivity contribution in [3.05, 3.63) is 30.1 Å². The van der Waals surface area contributed by atoms with E-state index in [9.17, 15) is 0 Å². The number of hydrogen-bond donors (Lipinski definition) is 0. The van der Waals surface area contributed by atoms with Crippen molar-refractivity contribution in [1.82, 2.24) is 0 Å². The lowest BCUT2D eigenvalue weighted by atomic mass is 10.1. The molecule has 0 aliphatic heterocycles. The van der Waals surface area contributed by atoms with E-state index in [0.717, 1.165) is 44.6 Å². The molecule has 25 heavy (non-hydrogen) atoms. The monoisotopic (exact) mass is 350 g/mol. The molecule has 1 aromatic heterocycles. The van der Waals surface area contributed by atoms with Gasteiger partial charge < -0.3 is 9.47 Å². The first-order valence-electron chi connectivity index (χ1n) is 10.4. The molecule has 0 fully saturated rings. The van der Waals surface area contributed by atoms with Crippen molar-refractivity contribution in [2.45, 2.75) is 97.8 Å². The van der Waals surface area contributed by atoms with Crippen LogP contribution in [-0.2, 0) is 21.8 Å². The van der Waals surface area contributed by atoms with Gasteiger partial charge in [-0.2, -0.15) is 0 Å². The third-order valence-corrected chi connectivity index (χ3v) is 4.65. The van der Waals surface area contributed by atoms with Gasteiger partial charge in [-0.3, -0.25) is 0 Å². The van der Waals surface area contributed by atoms with E-state index in [-0.39, 0.29) is 0 Å².